The molecular formula is C27H30N6O2. The molecule has 1 aliphatic heterocycles. The number of morpholine rings is 1. The highest BCUT2D eigenvalue weighted by Crippen LogP contribution is 2.29. The summed E-state index contributed by atoms with van der Waals surface area (Å²) in [4.78, 5) is 16.0. The second kappa shape index (κ2) is 10.8. The number of pyridine rings is 1. The Balaban J connectivity index is 1.37. The monoisotopic (exact) mass is 470 g/mol. The van der Waals surface area contributed by atoms with Gasteiger partial charge in [-0.1, -0.05) is 30.3 Å². The molecule has 8 heteroatoms. The zero-order valence-corrected chi connectivity index (χ0v) is 20.1. The number of likely N-dealkylation sites (N-methyl/N-ethyl adjacent to an activating group) is 1. The minimum Gasteiger partial charge on any atom is -0.492 e. The maximum Gasteiger partial charge on any atom is 0.227 e. The average molecular weight is 471 g/mol. The first-order chi connectivity index (χ1) is 17.2. The van der Waals surface area contributed by atoms with Crippen LogP contribution < -0.4 is 15.4 Å². The van der Waals surface area contributed by atoms with E-state index in [-0.39, 0.29) is 6.10 Å². The highest BCUT2D eigenvalue weighted by atomic mass is 16.5. The molecule has 1 unspecified atom stereocenters. The van der Waals surface area contributed by atoms with Gasteiger partial charge in [0.25, 0.3) is 0 Å². The van der Waals surface area contributed by atoms with Crippen LogP contribution in [0.25, 0.3) is 22.2 Å². The Bertz CT molecular complexity index is 1270. The van der Waals surface area contributed by atoms with Gasteiger partial charge >= 0.3 is 0 Å². The minimum atomic E-state index is 0.0902. The fourth-order valence-electron chi connectivity index (χ4n) is 4.01. The van der Waals surface area contributed by atoms with Crippen molar-refractivity contribution in [3.8, 4) is 17.0 Å². The van der Waals surface area contributed by atoms with Crippen LogP contribution >= 0.6 is 0 Å². The summed E-state index contributed by atoms with van der Waals surface area (Å²) in [5.41, 5.74) is 4.66. The summed E-state index contributed by atoms with van der Waals surface area (Å²) in [6.07, 6.45) is 3.70. The third-order valence-electron chi connectivity index (χ3n) is 5.89. The Morgan fingerprint density at radius 3 is 2.80 bits per heavy atom. The third-order valence-corrected chi connectivity index (χ3v) is 5.89. The van der Waals surface area contributed by atoms with E-state index in [2.05, 4.69) is 37.6 Å². The molecule has 0 saturated carbocycles. The summed E-state index contributed by atoms with van der Waals surface area (Å²) in [7, 11) is 4.06. The maximum absolute atomic E-state index is 5.91. The normalized spacial score (nSPS) is 15.9. The van der Waals surface area contributed by atoms with Gasteiger partial charge in [0.1, 0.15) is 12.4 Å². The zero-order valence-electron chi connectivity index (χ0n) is 20.1. The van der Waals surface area contributed by atoms with Crippen LogP contribution in [0.5, 0.6) is 5.75 Å². The lowest BCUT2D eigenvalue weighted by Gasteiger charge is -2.24. The van der Waals surface area contributed by atoms with Gasteiger partial charge in [0.15, 0.2) is 0 Å². The molecule has 3 heterocycles. The molecule has 4 aromatic rings. The number of hydrogen-bond acceptors (Lipinski definition) is 8. The first kappa shape index (κ1) is 23.2. The van der Waals surface area contributed by atoms with Crippen LogP contribution in [-0.4, -0.2) is 66.8 Å². The van der Waals surface area contributed by atoms with Gasteiger partial charge in [-0.3, -0.25) is 4.98 Å². The van der Waals surface area contributed by atoms with Crippen molar-refractivity contribution in [2.45, 2.75) is 6.10 Å². The van der Waals surface area contributed by atoms with Crippen LogP contribution in [0.2, 0.25) is 0 Å². The van der Waals surface area contributed by atoms with Crippen LogP contribution in [0.15, 0.2) is 67.0 Å². The first-order valence-corrected chi connectivity index (χ1v) is 11.8. The molecule has 0 aliphatic carbocycles. The number of para-hydroxylation sites is 1. The molecule has 1 aliphatic rings. The smallest absolute Gasteiger partial charge is 0.227 e. The van der Waals surface area contributed by atoms with Crippen molar-refractivity contribution < 1.29 is 9.47 Å². The molecule has 0 spiro atoms. The van der Waals surface area contributed by atoms with Crippen molar-refractivity contribution in [1.29, 1.82) is 0 Å². The molecule has 180 valence electrons. The summed E-state index contributed by atoms with van der Waals surface area (Å²) in [5.74, 6) is 1.32. The van der Waals surface area contributed by atoms with Gasteiger partial charge in [0.2, 0.25) is 5.95 Å². The van der Waals surface area contributed by atoms with E-state index in [1.807, 2.05) is 62.8 Å². The van der Waals surface area contributed by atoms with Gasteiger partial charge in [-0.25, -0.2) is 9.97 Å². The molecule has 0 bridgehead atoms. The molecule has 0 amide bonds. The number of aromatic nitrogens is 3. The number of hydrogen-bond donors (Lipinski definition) is 2. The minimum absolute atomic E-state index is 0.0902. The number of nitrogens with zero attached hydrogens (tertiary/aromatic N) is 4. The summed E-state index contributed by atoms with van der Waals surface area (Å²) in [6.45, 7) is 3.93. The van der Waals surface area contributed by atoms with Crippen LogP contribution in [0, 0.1) is 0 Å². The third kappa shape index (κ3) is 5.74. The predicted molar refractivity (Wildman–Crippen MR) is 138 cm³/mol. The number of rotatable bonds is 8. The molecule has 2 N–H and O–H groups in total. The Kier molecular flexibility index (Phi) is 7.13. The second-order valence-electron chi connectivity index (χ2n) is 8.78. The lowest BCUT2D eigenvalue weighted by molar-refractivity contribution is 0.0277. The molecule has 0 radical (unpaired) electrons. The van der Waals surface area contributed by atoms with Crippen molar-refractivity contribution in [3.05, 3.63) is 72.6 Å². The lowest BCUT2D eigenvalue weighted by atomic mass is 10.1. The zero-order chi connectivity index (χ0) is 24.0. The van der Waals surface area contributed by atoms with Gasteiger partial charge in [-0.2, -0.15) is 0 Å². The van der Waals surface area contributed by atoms with E-state index < -0.39 is 0 Å². The summed E-state index contributed by atoms with van der Waals surface area (Å²) in [5, 5.41) is 7.64. The molecule has 1 fully saturated rings. The number of ether oxygens (including phenoxy) is 2. The van der Waals surface area contributed by atoms with E-state index in [1.54, 1.807) is 6.20 Å². The standard InChI is InChI=1S/C27H30N6O2/c1-33(2)13-15-34-22-10-11-29-24(16-22)23-5-3-4-20-17-30-27(32-26(20)23)31-21-8-6-19(7-9-21)25-18-28-12-14-35-25/h3-11,16-17,25,28H,12-15,18H2,1-2H3,(H,30,31,32). The molecule has 2 aromatic carbocycles. The summed E-state index contributed by atoms with van der Waals surface area (Å²) in [6, 6.07) is 18.1. The number of benzene rings is 2. The Morgan fingerprint density at radius 2 is 2.00 bits per heavy atom. The molecule has 5 rings (SSSR count). The van der Waals surface area contributed by atoms with Crippen LogP contribution in [0.3, 0.4) is 0 Å². The lowest BCUT2D eigenvalue weighted by Crippen LogP contribution is -2.33. The van der Waals surface area contributed by atoms with Crippen molar-refractivity contribution >= 4 is 22.5 Å². The van der Waals surface area contributed by atoms with Crippen molar-refractivity contribution in [3.63, 3.8) is 0 Å². The molecule has 35 heavy (non-hydrogen) atoms. The SMILES string of the molecule is CN(C)CCOc1ccnc(-c2cccc3cnc(Nc4ccc(C5CNCCO5)cc4)nc23)c1. The molecule has 1 atom stereocenters. The van der Waals surface area contributed by atoms with Gasteiger partial charge in [0.05, 0.1) is 23.9 Å². The van der Waals surface area contributed by atoms with E-state index in [4.69, 9.17) is 14.5 Å². The average Bonchev–Trinajstić information content (AvgIpc) is 2.89. The first-order valence-electron chi connectivity index (χ1n) is 11.8. The van der Waals surface area contributed by atoms with Crippen molar-refractivity contribution in [2.75, 3.05) is 52.3 Å². The number of nitrogens with one attached hydrogen (secondary N) is 2. The van der Waals surface area contributed by atoms with Gasteiger partial charge in [0, 0.05) is 54.7 Å². The predicted octanol–water partition coefficient (Wildman–Crippen LogP) is 4.04. The largest absolute Gasteiger partial charge is 0.492 e. The quantitative estimate of drug-likeness (QED) is 0.399. The molecular weight excluding hydrogens is 440 g/mol. The Labute approximate surface area is 205 Å². The molecule has 2 aromatic heterocycles. The van der Waals surface area contributed by atoms with Gasteiger partial charge < -0.3 is 25.0 Å². The molecule has 8 nitrogen and oxygen atoms in total. The van der Waals surface area contributed by atoms with E-state index >= 15 is 0 Å². The van der Waals surface area contributed by atoms with E-state index in [0.717, 1.165) is 65.4 Å². The van der Waals surface area contributed by atoms with E-state index in [0.29, 0.717) is 12.6 Å². The molecule has 1 saturated heterocycles. The number of anilines is 2. The van der Waals surface area contributed by atoms with Crippen LogP contribution in [0.4, 0.5) is 11.6 Å². The summed E-state index contributed by atoms with van der Waals surface area (Å²) >= 11 is 0. The highest BCUT2D eigenvalue weighted by molar-refractivity contribution is 5.93. The van der Waals surface area contributed by atoms with E-state index in [1.165, 1.54) is 0 Å². The Hall–Kier alpha value is -3.59. The van der Waals surface area contributed by atoms with Gasteiger partial charge in [-0.05, 0) is 37.9 Å². The van der Waals surface area contributed by atoms with Crippen LogP contribution in [0.1, 0.15) is 11.7 Å². The van der Waals surface area contributed by atoms with Gasteiger partial charge in [-0.15, -0.1) is 0 Å². The van der Waals surface area contributed by atoms with Crippen molar-refractivity contribution in [1.82, 2.24) is 25.2 Å². The second-order valence-corrected chi connectivity index (χ2v) is 8.78. The Morgan fingerprint density at radius 1 is 1.11 bits per heavy atom. The highest BCUT2D eigenvalue weighted by Gasteiger charge is 2.15. The van der Waals surface area contributed by atoms with Crippen molar-refractivity contribution in [2.24, 2.45) is 0 Å². The topological polar surface area (TPSA) is 84.4 Å². The number of fused-ring (bicyclic) bond motifs is 1. The maximum atomic E-state index is 5.91. The van der Waals surface area contributed by atoms with Crippen LogP contribution in [-0.2, 0) is 4.74 Å². The summed E-state index contributed by atoms with van der Waals surface area (Å²) < 4.78 is 11.7. The fourth-order valence-corrected chi connectivity index (χ4v) is 4.01. The fraction of sp³-hybridized carbons (Fsp3) is 0.296. The van der Waals surface area contributed by atoms with E-state index in [9.17, 15) is 0 Å².